The molecule has 0 saturated heterocycles. The summed E-state index contributed by atoms with van der Waals surface area (Å²) >= 11 is 1.18. The quantitative estimate of drug-likeness (QED) is 0.324. The Morgan fingerprint density at radius 3 is 2.29 bits per heavy atom. The number of hydrogen-bond acceptors (Lipinski definition) is 9. The summed E-state index contributed by atoms with van der Waals surface area (Å²) in [4.78, 5) is 15.5. The van der Waals surface area contributed by atoms with Gasteiger partial charge in [0.25, 0.3) is 0 Å². The normalized spacial score (nSPS) is 11.6. The van der Waals surface area contributed by atoms with Crippen molar-refractivity contribution in [1.29, 1.82) is 0 Å². The number of benzene rings is 2. The molecule has 2 rings (SSSR count). The molecule has 0 atom stereocenters. The molecule has 1 amide bonds. The maximum absolute atomic E-state index is 12.4. The van der Waals surface area contributed by atoms with Gasteiger partial charge in [-0.3, -0.25) is 5.32 Å². The molecule has 0 aromatic heterocycles. The number of hydrogen-bond donors (Lipinski definition) is 2. The number of amidine groups is 1. The summed E-state index contributed by atoms with van der Waals surface area (Å²) in [5, 5.41) is 2.70. The smallest absolute Gasteiger partial charge is 0.412 e. The van der Waals surface area contributed by atoms with Crippen LogP contribution in [0.15, 0.2) is 52.4 Å². The van der Waals surface area contributed by atoms with Crippen molar-refractivity contribution in [3.05, 3.63) is 42.5 Å². The first-order chi connectivity index (χ1) is 13.3. The van der Waals surface area contributed by atoms with E-state index in [0.29, 0.717) is 11.4 Å². The second-order valence-corrected chi connectivity index (χ2v) is 7.51. The van der Waals surface area contributed by atoms with Gasteiger partial charge >= 0.3 is 16.2 Å². The second-order valence-electron chi connectivity index (χ2n) is 5.17. The van der Waals surface area contributed by atoms with Gasteiger partial charge in [0.15, 0.2) is 5.17 Å². The number of anilines is 1. The van der Waals surface area contributed by atoms with E-state index in [-0.39, 0.29) is 21.5 Å². The van der Waals surface area contributed by atoms with Crippen LogP contribution in [0.1, 0.15) is 0 Å². The van der Waals surface area contributed by atoms with Crippen molar-refractivity contribution in [1.82, 2.24) is 5.32 Å². The highest BCUT2D eigenvalue weighted by Crippen LogP contribution is 2.29. The Morgan fingerprint density at radius 2 is 1.75 bits per heavy atom. The molecule has 11 heteroatoms. The number of carbonyl (C=O) groups excluding carboxylic acids is 1. The van der Waals surface area contributed by atoms with Gasteiger partial charge in [0.2, 0.25) is 0 Å². The van der Waals surface area contributed by atoms with Crippen LogP contribution in [-0.4, -0.2) is 40.2 Å². The Morgan fingerprint density at radius 1 is 1.11 bits per heavy atom. The van der Waals surface area contributed by atoms with E-state index >= 15 is 0 Å². The molecule has 0 radical (unpaired) electrons. The third-order valence-corrected chi connectivity index (χ3v) is 5.20. The van der Waals surface area contributed by atoms with E-state index in [2.05, 4.69) is 15.0 Å². The molecule has 0 aliphatic carbocycles. The number of nitrogen functional groups attached to an aromatic ring is 1. The molecule has 0 spiro atoms. The van der Waals surface area contributed by atoms with Crippen LogP contribution in [0, 0.1) is 0 Å². The van der Waals surface area contributed by atoms with Gasteiger partial charge in [-0.25, -0.2) is 9.79 Å². The molecular formula is C17H19N3O6S2. The topological polar surface area (TPSA) is 129 Å². The molecule has 0 aliphatic rings. The van der Waals surface area contributed by atoms with Crippen LogP contribution < -0.4 is 20.0 Å². The molecule has 0 aliphatic heterocycles. The summed E-state index contributed by atoms with van der Waals surface area (Å²) in [6, 6.07) is 9.99. The molecule has 0 fully saturated rings. The molecule has 0 bridgehead atoms. The maximum atomic E-state index is 12.4. The summed E-state index contributed by atoms with van der Waals surface area (Å²) in [5.41, 5.74) is 6.43. The lowest BCUT2D eigenvalue weighted by Crippen LogP contribution is -2.27. The van der Waals surface area contributed by atoms with E-state index in [1.807, 2.05) is 0 Å². The molecule has 0 heterocycles. The summed E-state index contributed by atoms with van der Waals surface area (Å²) in [6.45, 7) is 0. The van der Waals surface area contributed by atoms with Gasteiger partial charge in [0, 0.05) is 6.07 Å². The number of aliphatic imine (C=N–C) groups is 1. The fourth-order valence-electron chi connectivity index (χ4n) is 1.98. The average Bonchev–Trinajstić information content (AvgIpc) is 2.68. The Labute approximate surface area is 167 Å². The number of alkyl carbamates (subject to hydrolysis) is 1. The van der Waals surface area contributed by atoms with Gasteiger partial charge < -0.3 is 19.4 Å². The van der Waals surface area contributed by atoms with E-state index in [1.54, 1.807) is 6.26 Å². The van der Waals surface area contributed by atoms with Crippen molar-refractivity contribution in [3.8, 4) is 11.5 Å². The Balaban J connectivity index is 2.22. The Kier molecular flexibility index (Phi) is 7.12. The van der Waals surface area contributed by atoms with E-state index in [1.165, 1.54) is 68.4 Å². The number of nitrogens with zero attached hydrogens (tertiary/aromatic N) is 1. The lowest BCUT2D eigenvalue weighted by Gasteiger charge is -2.10. The van der Waals surface area contributed by atoms with Crippen LogP contribution in [0.2, 0.25) is 0 Å². The first kappa shape index (κ1) is 21.4. The van der Waals surface area contributed by atoms with Gasteiger partial charge in [0.1, 0.15) is 16.4 Å². The number of ether oxygens (including phenoxy) is 2. The van der Waals surface area contributed by atoms with Crippen molar-refractivity contribution >= 4 is 44.5 Å². The minimum atomic E-state index is -4.04. The molecule has 3 N–H and O–H groups in total. The highest BCUT2D eigenvalue weighted by molar-refractivity contribution is 8.13. The lowest BCUT2D eigenvalue weighted by molar-refractivity contribution is 0.177. The van der Waals surface area contributed by atoms with E-state index < -0.39 is 16.2 Å². The van der Waals surface area contributed by atoms with Crippen LogP contribution in [0.5, 0.6) is 11.5 Å². The Hall–Kier alpha value is -2.92. The van der Waals surface area contributed by atoms with Crippen LogP contribution in [0.25, 0.3) is 0 Å². The van der Waals surface area contributed by atoms with Crippen LogP contribution >= 0.6 is 11.8 Å². The minimum absolute atomic E-state index is 0.0268. The van der Waals surface area contributed by atoms with Gasteiger partial charge in [-0.15, -0.1) is 0 Å². The zero-order valence-corrected chi connectivity index (χ0v) is 17.0. The molecule has 2 aromatic rings. The first-order valence-electron chi connectivity index (χ1n) is 7.74. The predicted octanol–water partition coefficient (Wildman–Crippen LogP) is 2.75. The molecule has 150 valence electrons. The third-order valence-electron chi connectivity index (χ3n) is 3.36. The zero-order chi connectivity index (χ0) is 20.7. The van der Waals surface area contributed by atoms with Crippen molar-refractivity contribution < 1.29 is 26.9 Å². The summed E-state index contributed by atoms with van der Waals surface area (Å²) in [6.07, 6.45) is 1.04. The summed E-state index contributed by atoms with van der Waals surface area (Å²) < 4.78 is 39.4. The van der Waals surface area contributed by atoms with Gasteiger partial charge in [-0.1, -0.05) is 11.8 Å². The van der Waals surface area contributed by atoms with Gasteiger partial charge in [0.05, 0.1) is 25.6 Å². The molecule has 0 saturated carbocycles. The van der Waals surface area contributed by atoms with Crippen LogP contribution in [0.4, 0.5) is 16.2 Å². The number of rotatable bonds is 5. The number of methoxy groups -OCH3 is 2. The highest BCUT2D eigenvalue weighted by Gasteiger charge is 2.17. The average molecular weight is 425 g/mol. The maximum Gasteiger partial charge on any atom is 0.412 e. The van der Waals surface area contributed by atoms with Gasteiger partial charge in [-0.2, -0.15) is 8.42 Å². The fourth-order valence-corrected chi connectivity index (χ4v) is 3.27. The molecule has 2 aromatic carbocycles. The van der Waals surface area contributed by atoms with Crippen molar-refractivity contribution in [3.63, 3.8) is 0 Å². The number of nitrogens with two attached hydrogens (primary N) is 1. The predicted molar refractivity (Wildman–Crippen MR) is 108 cm³/mol. The largest absolute Gasteiger partial charge is 0.497 e. The van der Waals surface area contributed by atoms with Crippen molar-refractivity contribution in [2.75, 3.05) is 26.2 Å². The number of nitrogens with one attached hydrogen (secondary N) is 1. The second kappa shape index (κ2) is 9.33. The SMILES string of the molecule is COC(=O)NC(=Nc1ccc(OS(=O)(=O)c2ccc(OC)cc2)cc1N)SC. The third kappa shape index (κ3) is 5.54. The summed E-state index contributed by atoms with van der Waals surface area (Å²) in [7, 11) is -1.32. The van der Waals surface area contributed by atoms with E-state index in [4.69, 9.17) is 14.7 Å². The van der Waals surface area contributed by atoms with E-state index in [9.17, 15) is 13.2 Å². The summed E-state index contributed by atoms with van der Waals surface area (Å²) in [5.74, 6) is 0.550. The first-order valence-corrected chi connectivity index (χ1v) is 10.4. The monoisotopic (exact) mass is 425 g/mol. The fraction of sp³-hybridized carbons (Fsp3) is 0.176. The molecule has 9 nitrogen and oxygen atoms in total. The number of thioether (sulfide) groups is 1. The Bertz CT molecular complexity index is 975. The van der Waals surface area contributed by atoms with Crippen molar-refractivity contribution in [2.24, 2.45) is 4.99 Å². The lowest BCUT2D eigenvalue weighted by atomic mass is 10.2. The van der Waals surface area contributed by atoms with E-state index in [0.717, 1.165) is 0 Å². The number of amides is 1. The van der Waals surface area contributed by atoms with Crippen molar-refractivity contribution in [2.45, 2.75) is 4.90 Å². The molecule has 28 heavy (non-hydrogen) atoms. The van der Waals surface area contributed by atoms with Crippen LogP contribution in [0.3, 0.4) is 0 Å². The van der Waals surface area contributed by atoms with Crippen LogP contribution in [-0.2, 0) is 14.9 Å². The number of carbonyl (C=O) groups is 1. The zero-order valence-electron chi connectivity index (χ0n) is 15.3. The standard InChI is InChI=1S/C17H19N3O6S2/c1-24-11-4-7-13(8-5-11)28(22,23)26-12-6-9-15(14(18)10-12)19-16(27-3)20-17(21)25-2/h4-10H,18H2,1-3H3,(H,19,20,21). The van der Waals surface area contributed by atoms with Gasteiger partial charge in [-0.05, 0) is 42.7 Å². The highest BCUT2D eigenvalue weighted by atomic mass is 32.2. The minimum Gasteiger partial charge on any atom is -0.497 e. The molecule has 0 unspecified atom stereocenters. The molecular weight excluding hydrogens is 406 g/mol.